The van der Waals surface area contributed by atoms with Gasteiger partial charge in [-0.1, -0.05) is 11.6 Å². The van der Waals surface area contributed by atoms with Crippen LogP contribution in [-0.2, 0) is 0 Å². The Bertz CT molecular complexity index is 393. The van der Waals surface area contributed by atoms with Crippen LogP contribution in [0.3, 0.4) is 0 Å². The molecule has 0 aliphatic heterocycles. The van der Waals surface area contributed by atoms with E-state index in [1.165, 1.54) is 0 Å². The third-order valence-corrected chi connectivity index (χ3v) is 2.43. The second-order valence-electron chi connectivity index (χ2n) is 3.80. The number of rotatable bonds is 4. The molecule has 0 spiro atoms. The van der Waals surface area contributed by atoms with Crippen molar-refractivity contribution in [3.05, 3.63) is 28.8 Å². The van der Waals surface area contributed by atoms with Gasteiger partial charge in [0.1, 0.15) is 5.84 Å². The van der Waals surface area contributed by atoms with Gasteiger partial charge in [0, 0.05) is 29.9 Å². The number of benzene rings is 1. The van der Waals surface area contributed by atoms with Crippen molar-refractivity contribution in [2.45, 2.75) is 13.0 Å². The van der Waals surface area contributed by atoms with Gasteiger partial charge >= 0.3 is 0 Å². The summed E-state index contributed by atoms with van der Waals surface area (Å²) in [5, 5.41) is 17.4. The Labute approximate surface area is 100 Å². The molecule has 0 aliphatic rings. The Hall–Kier alpha value is -1.26. The average Bonchev–Trinajstić information content (AvgIpc) is 2.15. The van der Waals surface area contributed by atoms with Crippen LogP contribution in [0, 0.1) is 5.41 Å². The number of nitrogens with two attached hydrogens (primary N) is 1. The molecule has 0 aromatic heterocycles. The van der Waals surface area contributed by atoms with Gasteiger partial charge in [0.15, 0.2) is 0 Å². The lowest BCUT2D eigenvalue weighted by Gasteiger charge is -2.23. The minimum atomic E-state index is -0.455. The van der Waals surface area contributed by atoms with Crippen molar-refractivity contribution >= 4 is 23.1 Å². The van der Waals surface area contributed by atoms with Crippen molar-refractivity contribution in [3.63, 3.8) is 0 Å². The first kappa shape index (κ1) is 12.8. The number of aliphatic hydroxyl groups excluding tert-OH is 1. The van der Waals surface area contributed by atoms with Crippen LogP contribution in [0.5, 0.6) is 0 Å². The van der Waals surface area contributed by atoms with Crippen LogP contribution in [0.1, 0.15) is 12.5 Å². The Kier molecular flexibility index (Phi) is 4.15. The molecular formula is C11H16ClN3O. The molecule has 0 radical (unpaired) electrons. The number of hydrogen-bond acceptors (Lipinski definition) is 3. The van der Waals surface area contributed by atoms with Crippen LogP contribution >= 0.6 is 11.6 Å². The predicted octanol–water partition coefficient (Wildman–Crippen LogP) is 1.44. The van der Waals surface area contributed by atoms with Gasteiger partial charge in [0.2, 0.25) is 0 Å². The van der Waals surface area contributed by atoms with Gasteiger partial charge in [-0.3, -0.25) is 5.41 Å². The zero-order chi connectivity index (χ0) is 12.3. The fourth-order valence-electron chi connectivity index (χ4n) is 1.54. The largest absolute Gasteiger partial charge is 0.392 e. The summed E-state index contributed by atoms with van der Waals surface area (Å²) in [5.41, 5.74) is 6.85. The standard InChI is InChI=1S/C11H16ClN3O/c1-7(16)6-15(2)10-5-8(12)3-4-9(10)11(13)14/h3-5,7,16H,6H2,1-2H3,(H3,13,14). The lowest BCUT2D eigenvalue weighted by Crippen LogP contribution is -2.29. The molecule has 0 aliphatic carbocycles. The molecule has 5 heteroatoms. The lowest BCUT2D eigenvalue weighted by atomic mass is 10.1. The maximum absolute atomic E-state index is 9.32. The molecule has 4 N–H and O–H groups in total. The normalized spacial score (nSPS) is 12.2. The number of nitrogen functional groups attached to an aromatic ring is 1. The van der Waals surface area contributed by atoms with Gasteiger partial charge in [-0.25, -0.2) is 0 Å². The second kappa shape index (κ2) is 5.18. The molecule has 0 fully saturated rings. The van der Waals surface area contributed by atoms with E-state index in [9.17, 15) is 5.11 Å². The van der Waals surface area contributed by atoms with Crippen LogP contribution < -0.4 is 10.6 Å². The molecule has 1 unspecified atom stereocenters. The SMILES string of the molecule is CC(O)CN(C)c1cc(Cl)ccc1C(=N)N. The van der Waals surface area contributed by atoms with E-state index in [0.29, 0.717) is 17.1 Å². The molecule has 1 aromatic rings. The summed E-state index contributed by atoms with van der Waals surface area (Å²) >= 11 is 5.90. The minimum absolute atomic E-state index is 0.0101. The van der Waals surface area contributed by atoms with Gasteiger partial charge in [-0.15, -0.1) is 0 Å². The van der Waals surface area contributed by atoms with E-state index in [1.807, 2.05) is 11.9 Å². The van der Waals surface area contributed by atoms with Gasteiger partial charge in [-0.05, 0) is 25.1 Å². The van der Waals surface area contributed by atoms with Crippen molar-refractivity contribution in [2.24, 2.45) is 5.73 Å². The van der Waals surface area contributed by atoms with Crippen molar-refractivity contribution in [1.29, 1.82) is 5.41 Å². The van der Waals surface area contributed by atoms with Gasteiger partial charge in [0.25, 0.3) is 0 Å². The number of likely N-dealkylation sites (N-methyl/N-ethyl adjacent to an activating group) is 1. The number of hydrogen-bond donors (Lipinski definition) is 3. The molecule has 0 amide bonds. The summed E-state index contributed by atoms with van der Waals surface area (Å²) in [6.45, 7) is 2.16. The van der Waals surface area contributed by atoms with E-state index in [1.54, 1.807) is 25.1 Å². The van der Waals surface area contributed by atoms with Crippen molar-refractivity contribution in [2.75, 3.05) is 18.5 Å². The van der Waals surface area contributed by atoms with Gasteiger partial charge < -0.3 is 15.7 Å². The van der Waals surface area contributed by atoms with E-state index < -0.39 is 6.10 Å². The predicted molar refractivity (Wildman–Crippen MR) is 67.4 cm³/mol. The highest BCUT2D eigenvalue weighted by atomic mass is 35.5. The van der Waals surface area contributed by atoms with Crippen molar-refractivity contribution in [3.8, 4) is 0 Å². The average molecular weight is 242 g/mol. The number of aliphatic hydroxyl groups is 1. The summed E-state index contributed by atoms with van der Waals surface area (Å²) in [7, 11) is 1.82. The van der Waals surface area contributed by atoms with Crippen LogP contribution in [0.25, 0.3) is 0 Å². The molecule has 0 bridgehead atoms. The Morgan fingerprint density at radius 2 is 2.25 bits per heavy atom. The molecular weight excluding hydrogens is 226 g/mol. The summed E-state index contributed by atoms with van der Waals surface area (Å²) < 4.78 is 0. The zero-order valence-electron chi connectivity index (χ0n) is 9.37. The smallest absolute Gasteiger partial charge is 0.124 e. The van der Waals surface area contributed by atoms with E-state index in [4.69, 9.17) is 22.7 Å². The summed E-state index contributed by atoms with van der Waals surface area (Å²) in [6, 6.07) is 5.14. The topological polar surface area (TPSA) is 73.3 Å². The highest BCUT2D eigenvalue weighted by Gasteiger charge is 2.11. The Morgan fingerprint density at radius 1 is 1.62 bits per heavy atom. The van der Waals surface area contributed by atoms with Gasteiger partial charge in [-0.2, -0.15) is 0 Å². The van der Waals surface area contributed by atoms with E-state index in [0.717, 1.165) is 5.69 Å². The highest BCUT2D eigenvalue weighted by Crippen LogP contribution is 2.23. The van der Waals surface area contributed by atoms with Crippen LogP contribution in [0.4, 0.5) is 5.69 Å². The number of halogens is 1. The zero-order valence-corrected chi connectivity index (χ0v) is 10.1. The maximum atomic E-state index is 9.32. The third-order valence-electron chi connectivity index (χ3n) is 2.20. The lowest BCUT2D eigenvalue weighted by molar-refractivity contribution is 0.201. The molecule has 1 aromatic carbocycles. The Morgan fingerprint density at radius 3 is 2.75 bits per heavy atom. The molecule has 88 valence electrons. The van der Waals surface area contributed by atoms with Crippen molar-refractivity contribution in [1.82, 2.24) is 0 Å². The quantitative estimate of drug-likeness (QED) is 0.552. The van der Waals surface area contributed by atoms with Gasteiger partial charge in [0.05, 0.1) is 6.10 Å². The molecule has 1 rings (SSSR count). The molecule has 1 atom stereocenters. The molecule has 0 saturated heterocycles. The van der Waals surface area contributed by atoms with Crippen molar-refractivity contribution < 1.29 is 5.11 Å². The van der Waals surface area contributed by atoms with Crippen LogP contribution in [0.15, 0.2) is 18.2 Å². The number of anilines is 1. The fraction of sp³-hybridized carbons (Fsp3) is 0.364. The minimum Gasteiger partial charge on any atom is -0.392 e. The first-order valence-corrected chi connectivity index (χ1v) is 5.32. The number of nitrogens with zero attached hydrogens (tertiary/aromatic N) is 1. The monoisotopic (exact) mass is 241 g/mol. The van der Waals surface area contributed by atoms with E-state index >= 15 is 0 Å². The molecule has 0 saturated carbocycles. The second-order valence-corrected chi connectivity index (χ2v) is 4.24. The first-order valence-electron chi connectivity index (χ1n) is 4.95. The van der Waals surface area contributed by atoms with Crippen LogP contribution in [0.2, 0.25) is 5.02 Å². The number of amidine groups is 1. The maximum Gasteiger partial charge on any atom is 0.124 e. The molecule has 4 nitrogen and oxygen atoms in total. The third kappa shape index (κ3) is 3.12. The Balaban J connectivity index is 3.09. The number of nitrogens with one attached hydrogen (secondary N) is 1. The highest BCUT2D eigenvalue weighted by molar-refractivity contribution is 6.31. The summed E-state index contributed by atoms with van der Waals surface area (Å²) in [6.07, 6.45) is -0.455. The van der Waals surface area contributed by atoms with E-state index in [-0.39, 0.29) is 5.84 Å². The molecule has 0 heterocycles. The summed E-state index contributed by atoms with van der Waals surface area (Å²) in [4.78, 5) is 1.83. The summed E-state index contributed by atoms with van der Waals surface area (Å²) in [5.74, 6) is -0.0101. The molecule has 16 heavy (non-hydrogen) atoms. The first-order chi connectivity index (χ1) is 7.41. The van der Waals surface area contributed by atoms with Crippen LogP contribution in [-0.4, -0.2) is 30.6 Å². The fourth-order valence-corrected chi connectivity index (χ4v) is 1.71. The van der Waals surface area contributed by atoms with E-state index in [2.05, 4.69) is 0 Å².